The summed E-state index contributed by atoms with van der Waals surface area (Å²) in [7, 11) is -2.45. The molecule has 2 aliphatic rings. The minimum atomic E-state index is -3.74. The van der Waals surface area contributed by atoms with Crippen molar-refractivity contribution >= 4 is 27.1 Å². The number of para-hydroxylation sites is 1. The number of nitrogens with one attached hydrogen (secondary N) is 1. The zero-order chi connectivity index (χ0) is 21.5. The fourth-order valence-electron chi connectivity index (χ4n) is 4.73. The zero-order valence-electron chi connectivity index (χ0n) is 17.1. The highest BCUT2D eigenvalue weighted by atomic mass is 32.2. The van der Waals surface area contributed by atoms with E-state index in [2.05, 4.69) is 40.8 Å². The number of hydrogen-bond donors (Lipinski definition) is 1. The van der Waals surface area contributed by atoms with Gasteiger partial charge in [0.1, 0.15) is 5.69 Å². The van der Waals surface area contributed by atoms with Crippen LogP contribution in [0.25, 0.3) is 0 Å². The monoisotopic (exact) mass is 430 g/mol. The predicted octanol–water partition coefficient (Wildman–Crippen LogP) is 2.92. The largest absolute Gasteiger partial charge is 0.366 e. The third-order valence-electron chi connectivity index (χ3n) is 6.18. The molecule has 1 N–H and O–H groups in total. The lowest BCUT2D eigenvalue weighted by molar-refractivity contribution is -0.384. The Bertz CT molecular complexity index is 1060. The molecule has 0 spiro atoms. The van der Waals surface area contributed by atoms with E-state index in [-0.39, 0.29) is 10.6 Å². The lowest BCUT2D eigenvalue weighted by Crippen LogP contribution is -2.47. The summed E-state index contributed by atoms with van der Waals surface area (Å²) in [5.41, 5.74) is 2.98. The highest BCUT2D eigenvalue weighted by molar-refractivity contribution is 7.89. The van der Waals surface area contributed by atoms with Crippen LogP contribution in [-0.2, 0) is 16.4 Å². The molecular weight excluding hydrogens is 404 g/mol. The second-order valence-corrected chi connectivity index (χ2v) is 9.81. The third-order valence-corrected chi connectivity index (χ3v) is 7.59. The van der Waals surface area contributed by atoms with Crippen molar-refractivity contribution in [1.29, 1.82) is 0 Å². The van der Waals surface area contributed by atoms with Gasteiger partial charge in [0, 0.05) is 36.9 Å². The SMILES string of the molecule is CNS(=O)(=O)c1ccc(N2CCC(N3c4ccccc4CC3C)CC2)c([N+](=O)[O-])c1. The maximum atomic E-state index is 12.0. The third kappa shape index (κ3) is 3.63. The van der Waals surface area contributed by atoms with Crippen molar-refractivity contribution in [3.05, 3.63) is 58.1 Å². The molecule has 160 valence electrons. The topological polar surface area (TPSA) is 95.8 Å². The summed E-state index contributed by atoms with van der Waals surface area (Å²) in [5, 5.41) is 11.6. The molecule has 1 fully saturated rings. The maximum Gasteiger partial charge on any atom is 0.293 e. The number of nitrogens with zero attached hydrogens (tertiary/aromatic N) is 3. The fraction of sp³-hybridized carbons (Fsp3) is 0.429. The van der Waals surface area contributed by atoms with Crippen molar-refractivity contribution < 1.29 is 13.3 Å². The molecule has 4 rings (SSSR count). The van der Waals surface area contributed by atoms with Gasteiger partial charge in [-0.2, -0.15) is 0 Å². The summed E-state index contributed by atoms with van der Waals surface area (Å²) in [5.74, 6) is 0. The number of fused-ring (bicyclic) bond motifs is 1. The number of nitro benzene ring substituents is 1. The molecule has 2 aromatic rings. The van der Waals surface area contributed by atoms with Crippen LogP contribution in [0.2, 0.25) is 0 Å². The van der Waals surface area contributed by atoms with Gasteiger partial charge in [0.15, 0.2) is 0 Å². The van der Waals surface area contributed by atoms with Crippen molar-refractivity contribution in [2.24, 2.45) is 0 Å². The molecule has 1 atom stereocenters. The summed E-state index contributed by atoms with van der Waals surface area (Å²) in [6.45, 7) is 3.63. The summed E-state index contributed by atoms with van der Waals surface area (Å²) in [6, 6.07) is 13.5. The van der Waals surface area contributed by atoms with Crippen molar-refractivity contribution in [2.75, 3.05) is 29.9 Å². The van der Waals surface area contributed by atoms with E-state index in [1.54, 1.807) is 6.07 Å². The van der Waals surface area contributed by atoms with Crippen LogP contribution in [0, 0.1) is 10.1 Å². The predicted molar refractivity (Wildman–Crippen MR) is 117 cm³/mol. The summed E-state index contributed by atoms with van der Waals surface area (Å²) >= 11 is 0. The number of piperidine rings is 1. The first-order valence-corrected chi connectivity index (χ1v) is 11.6. The molecule has 2 aliphatic heterocycles. The normalized spacial score (nSPS) is 19.7. The first-order valence-electron chi connectivity index (χ1n) is 10.1. The van der Waals surface area contributed by atoms with E-state index in [0.717, 1.165) is 25.3 Å². The molecule has 2 aromatic carbocycles. The average molecular weight is 431 g/mol. The molecule has 0 aliphatic carbocycles. The standard InChI is InChI=1S/C21H26N4O4S/c1-15-13-16-5-3-4-6-19(16)24(15)17-9-11-23(12-10-17)20-8-7-18(30(28,29)22-2)14-21(20)25(26)27/h3-8,14-15,17,22H,9-13H2,1-2H3. The van der Waals surface area contributed by atoms with Crippen molar-refractivity contribution in [3.8, 4) is 0 Å². The Morgan fingerprint density at radius 1 is 1.10 bits per heavy atom. The Labute approximate surface area is 176 Å². The number of hydrogen-bond acceptors (Lipinski definition) is 6. The molecule has 2 heterocycles. The zero-order valence-corrected chi connectivity index (χ0v) is 17.9. The van der Waals surface area contributed by atoms with E-state index in [1.165, 1.54) is 24.4 Å². The van der Waals surface area contributed by atoms with Gasteiger partial charge in [-0.15, -0.1) is 0 Å². The Morgan fingerprint density at radius 3 is 2.47 bits per heavy atom. The van der Waals surface area contributed by atoms with Gasteiger partial charge in [-0.3, -0.25) is 10.1 Å². The molecule has 0 aromatic heterocycles. The summed E-state index contributed by atoms with van der Waals surface area (Å²) in [4.78, 5) is 15.5. The van der Waals surface area contributed by atoms with E-state index in [9.17, 15) is 18.5 Å². The highest BCUT2D eigenvalue weighted by Gasteiger charge is 2.34. The molecule has 1 unspecified atom stereocenters. The average Bonchev–Trinajstić information content (AvgIpc) is 3.09. The Morgan fingerprint density at radius 2 is 1.80 bits per heavy atom. The highest BCUT2D eigenvalue weighted by Crippen LogP contribution is 2.38. The molecule has 9 heteroatoms. The van der Waals surface area contributed by atoms with E-state index >= 15 is 0 Å². The number of rotatable bonds is 5. The molecular formula is C21H26N4O4S. The molecule has 0 bridgehead atoms. The van der Waals surface area contributed by atoms with Crippen LogP contribution in [-0.4, -0.2) is 45.6 Å². The lowest BCUT2D eigenvalue weighted by Gasteiger charge is -2.41. The van der Waals surface area contributed by atoms with E-state index < -0.39 is 14.9 Å². The quantitative estimate of drug-likeness (QED) is 0.579. The Hall–Kier alpha value is -2.65. The van der Waals surface area contributed by atoms with Gasteiger partial charge >= 0.3 is 0 Å². The first-order chi connectivity index (χ1) is 14.3. The van der Waals surface area contributed by atoms with E-state index in [0.29, 0.717) is 30.9 Å². The van der Waals surface area contributed by atoms with Crippen LogP contribution in [0.1, 0.15) is 25.3 Å². The minimum absolute atomic E-state index is 0.0992. The van der Waals surface area contributed by atoms with Gasteiger partial charge in [-0.1, -0.05) is 18.2 Å². The fourth-order valence-corrected chi connectivity index (χ4v) is 5.48. The number of sulfonamides is 1. The van der Waals surface area contributed by atoms with Crippen LogP contribution in [0.3, 0.4) is 0 Å². The molecule has 0 radical (unpaired) electrons. The molecule has 8 nitrogen and oxygen atoms in total. The molecule has 30 heavy (non-hydrogen) atoms. The van der Waals surface area contributed by atoms with Gasteiger partial charge < -0.3 is 9.80 Å². The van der Waals surface area contributed by atoms with Crippen molar-refractivity contribution in [3.63, 3.8) is 0 Å². The smallest absolute Gasteiger partial charge is 0.293 e. The van der Waals surface area contributed by atoms with Gasteiger partial charge in [0.05, 0.1) is 9.82 Å². The van der Waals surface area contributed by atoms with E-state index in [4.69, 9.17) is 0 Å². The number of benzene rings is 2. The molecule has 1 saturated heterocycles. The Kier molecular flexibility index (Phi) is 5.42. The van der Waals surface area contributed by atoms with Gasteiger partial charge in [0.25, 0.3) is 5.69 Å². The Balaban J connectivity index is 1.54. The minimum Gasteiger partial charge on any atom is -0.366 e. The second kappa shape index (κ2) is 7.88. The van der Waals surface area contributed by atoms with Crippen molar-refractivity contribution in [1.82, 2.24) is 4.72 Å². The van der Waals surface area contributed by atoms with Crippen LogP contribution >= 0.6 is 0 Å². The van der Waals surface area contributed by atoms with Crippen molar-refractivity contribution in [2.45, 2.75) is 43.2 Å². The van der Waals surface area contributed by atoms with Crippen LogP contribution in [0.5, 0.6) is 0 Å². The van der Waals surface area contributed by atoms with Gasteiger partial charge in [0.2, 0.25) is 10.0 Å². The molecule has 0 amide bonds. The summed E-state index contributed by atoms with van der Waals surface area (Å²) < 4.78 is 26.3. The van der Waals surface area contributed by atoms with Gasteiger partial charge in [-0.05, 0) is 57.0 Å². The van der Waals surface area contributed by atoms with Crippen LogP contribution < -0.4 is 14.5 Å². The number of nitro groups is 1. The second-order valence-electron chi connectivity index (χ2n) is 7.92. The maximum absolute atomic E-state index is 12.0. The first kappa shape index (κ1) is 20.6. The van der Waals surface area contributed by atoms with Gasteiger partial charge in [-0.25, -0.2) is 13.1 Å². The number of anilines is 2. The van der Waals surface area contributed by atoms with E-state index in [1.807, 2.05) is 4.90 Å². The van der Waals surface area contributed by atoms with Crippen LogP contribution in [0.4, 0.5) is 17.1 Å². The lowest BCUT2D eigenvalue weighted by atomic mass is 10.0. The molecule has 0 saturated carbocycles. The van der Waals surface area contributed by atoms with Crippen LogP contribution in [0.15, 0.2) is 47.4 Å². The summed E-state index contributed by atoms with van der Waals surface area (Å²) in [6.07, 6.45) is 2.84.